The predicted octanol–water partition coefficient (Wildman–Crippen LogP) is 0.116. The maximum atomic E-state index is 12.1. The number of carboxylic acid groups (broad SMARTS) is 1. The van der Waals surface area contributed by atoms with Crippen LogP contribution in [-0.4, -0.2) is 38.5 Å². The van der Waals surface area contributed by atoms with E-state index in [1.165, 1.54) is 12.1 Å². The van der Waals surface area contributed by atoms with Crippen LogP contribution < -0.4 is 10.0 Å². The van der Waals surface area contributed by atoms with Gasteiger partial charge >= 0.3 is 5.97 Å². The van der Waals surface area contributed by atoms with Crippen molar-refractivity contribution >= 4 is 21.9 Å². The lowest BCUT2D eigenvalue weighted by molar-refractivity contribution is -0.137. The summed E-state index contributed by atoms with van der Waals surface area (Å²) < 4.78 is 26.5. The van der Waals surface area contributed by atoms with E-state index in [0.717, 1.165) is 5.56 Å². The van der Waals surface area contributed by atoms with E-state index in [1.807, 2.05) is 0 Å². The van der Waals surface area contributed by atoms with E-state index in [2.05, 4.69) is 10.0 Å². The van der Waals surface area contributed by atoms with Gasteiger partial charge in [-0.2, -0.15) is 0 Å². The lowest BCUT2D eigenvalue weighted by Crippen LogP contribution is -2.32. The maximum Gasteiger partial charge on any atom is 0.303 e. The fourth-order valence-electron chi connectivity index (χ4n) is 2.09. The molecular weight excluding hydrogens is 296 g/mol. The molecule has 114 valence electrons. The average molecular weight is 312 g/mol. The van der Waals surface area contributed by atoms with Crippen LogP contribution in [0, 0.1) is 0 Å². The molecule has 1 aromatic rings. The van der Waals surface area contributed by atoms with Crippen molar-refractivity contribution < 1.29 is 23.1 Å². The van der Waals surface area contributed by atoms with Gasteiger partial charge < -0.3 is 10.4 Å². The Balaban J connectivity index is 2.11. The van der Waals surface area contributed by atoms with Crippen molar-refractivity contribution in [2.45, 2.75) is 24.2 Å². The number of nitrogens with one attached hydrogen (secondary N) is 2. The smallest absolute Gasteiger partial charge is 0.303 e. The van der Waals surface area contributed by atoms with E-state index < -0.39 is 16.0 Å². The third-order valence-electron chi connectivity index (χ3n) is 3.18. The molecule has 0 saturated heterocycles. The van der Waals surface area contributed by atoms with Crippen LogP contribution in [0.3, 0.4) is 0 Å². The summed E-state index contributed by atoms with van der Waals surface area (Å²) in [5, 5.41) is 11.2. The molecule has 8 heteroatoms. The summed E-state index contributed by atoms with van der Waals surface area (Å²) in [6.07, 6.45) is 0.780. The minimum absolute atomic E-state index is 0.00799. The number of hydrogen-bond acceptors (Lipinski definition) is 4. The number of benzene rings is 1. The number of carboxylic acids is 1. The molecule has 2 rings (SSSR count). The molecule has 0 fully saturated rings. The molecule has 1 aliphatic rings. The summed E-state index contributed by atoms with van der Waals surface area (Å²) in [6, 6.07) is 4.44. The molecule has 1 aliphatic heterocycles. The summed E-state index contributed by atoms with van der Waals surface area (Å²) in [7, 11) is -3.74. The highest BCUT2D eigenvalue weighted by atomic mass is 32.2. The third-order valence-corrected chi connectivity index (χ3v) is 4.63. The van der Waals surface area contributed by atoms with Gasteiger partial charge in [0.2, 0.25) is 10.0 Å². The van der Waals surface area contributed by atoms with Gasteiger partial charge in [0.15, 0.2) is 0 Å². The summed E-state index contributed by atoms with van der Waals surface area (Å²) in [5.41, 5.74) is 1.19. The normalized spacial score (nSPS) is 14.4. The highest BCUT2D eigenvalue weighted by molar-refractivity contribution is 7.89. The van der Waals surface area contributed by atoms with Crippen molar-refractivity contribution in [1.29, 1.82) is 0 Å². The number of rotatable bonds is 6. The third kappa shape index (κ3) is 3.79. The van der Waals surface area contributed by atoms with Gasteiger partial charge in [0, 0.05) is 25.1 Å². The number of carbonyl (C=O) groups is 2. The minimum Gasteiger partial charge on any atom is -0.481 e. The first-order chi connectivity index (χ1) is 9.90. The van der Waals surface area contributed by atoms with Gasteiger partial charge in [-0.05, 0) is 30.5 Å². The second-order valence-electron chi connectivity index (χ2n) is 4.72. The number of hydrogen-bond donors (Lipinski definition) is 3. The fraction of sp³-hybridized carbons (Fsp3) is 0.385. The molecule has 0 saturated carbocycles. The van der Waals surface area contributed by atoms with Crippen LogP contribution in [0.2, 0.25) is 0 Å². The zero-order chi connectivity index (χ0) is 15.5. The molecule has 3 N–H and O–H groups in total. The monoisotopic (exact) mass is 312 g/mol. The van der Waals surface area contributed by atoms with E-state index in [0.29, 0.717) is 18.5 Å². The number of carbonyl (C=O) groups excluding carboxylic acids is 1. The second-order valence-corrected chi connectivity index (χ2v) is 6.49. The molecule has 7 nitrogen and oxygen atoms in total. The van der Waals surface area contributed by atoms with E-state index in [-0.39, 0.29) is 30.2 Å². The van der Waals surface area contributed by atoms with E-state index >= 15 is 0 Å². The highest BCUT2D eigenvalue weighted by Crippen LogP contribution is 2.19. The first-order valence-electron chi connectivity index (χ1n) is 6.53. The van der Waals surface area contributed by atoms with Gasteiger partial charge in [-0.25, -0.2) is 13.1 Å². The van der Waals surface area contributed by atoms with Crippen LogP contribution in [0.4, 0.5) is 0 Å². The van der Waals surface area contributed by atoms with E-state index in [1.54, 1.807) is 6.07 Å². The van der Waals surface area contributed by atoms with E-state index in [9.17, 15) is 18.0 Å². The van der Waals surface area contributed by atoms with Crippen LogP contribution in [0.15, 0.2) is 23.1 Å². The lowest BCUT2D eigenvalue weighted by Gasteiger charge is -2.17. The molecule has 0 atom stereocenters. The zero-order valence-corrected chi connectivity index (χ0v) is 12.1. The second kappa shape index (κ2) is 6.23. The Morgan fingerprint density at radius 3 is 2.86 bits per heavy atom. The molecule has 0 aromatic heterocycles. The molecule has 0 unspecified atom stereocenters. The van der Waals surface area contributed by atoms with Crippen molar-refractivity contribution in [2.24, 2.45) is 0 Å². The number of amides is 1. The minimum atomic E-state index is -3.74. The SMILES string of the molecule is O=C(O)CCCNS(=O)(=O)c1ccc2c(c1)C(=O)NCC2. The molecule has 0 spiro atoms. The summed E-state index contributed by atoms with van der Waals surface area (Å²) in [4.78, 5) is 22.1. The fourth-order valence-corrected chi connectivity index (χ4v) is 3.19. The van der Waals surface area contributed by atoms with Crippen LogP contribution in [0.5, 0.6) is 0 Å². The molecule has 0 aliphatic carbocycles. The molecule has 1 aromatic carbocycles. The average Bonchev–Trinajstić information content (AvgIpc) is 2.43. The Bertz CT molecular complexity index is 669. The highest BCUT2D eigenvalue weighted by Gasteiger charge is 2.21. The Labute approximate surface area is 122 Å². The van der Waals surface area contributed by atoms with Gasteiger partial charge in [-0.3, -0.25) is 9.59 Å². The number of aliphatic carboxylic acids is 1. The summed E-state index contributed by atoms with van der Waals surface area (Å²) >= 11 is 0. The van der Waals surface area contributed by atoms with Crippen molar-refractivity contribution in [3.05, 3.63) is 29.3 Å². The summed E-state index contributed by atoms with van der Waals surface area (Å²) in [6.45, 7) is 0.587. The molecule has 1 amide bonds. The van der Waals surface area contributed by atoms with Crippen LogP contribution in [-0.2, 0) is 21.2 Å². The number of sulfonamides is 1. The van der Waals surface area contributed by atoms with Crippen molar-refractivity contribution in [1.82, 2.24) is 10.0 Å². The van der Waals surface area contributed by atoms with Crippen molar-refractivity contribution in [3.63, 3.8) is 0 Å². The zero-order valence-electron chi connectivity index (χ0n) is 11.3. The molecule has 1 heterocycles. The Morgan fingerprint density at radius 2 is 2.14 bits per heavy atom. The van der Waals surface area contributed by atoms with Crippen LogP contribution in [0.25, 0.3) is 0 Å². The van der Waals surface area contributed by atoms with Gasteiger partial charge in [0.25, 0.3) is 5.91 Å². The van der Waals surface area contributed by atoms with Crippen molar-refractivity contribution in [3.8, 4) is 0 Å². The molecule has 21 heavy (non-hydrogen) atoms. The first-order valence-corrected chi connectivity index (χ1v) is 8.01. The van der Waals surface area contributed by atoms with Crippen LogP contribution >= 0.6 is 0 Å². The maximum absolute atomic E-state index is 12.1. The molecular formula is C13H16N2O5S. The Kier molecular flexibility index (Phi) is 4.59. The predicted molar refractivity (Wildman–Crippen MR) is 74.5 cm³/mol. The topological polar surface area (TPSA) is 113 Å². The number of fused-ring (bicyclic) bond motifs is 1. The molecule has 0 radical (unpaired) electrons. The Morgan fingerprint density at radius 1 is 1.38 bits per heavy atom. The van der Waals surface area contributed by atoms with Gasteiger partial charge in [-0.15, -0.1) is 0 Å². The van der Waals surface area contributed by atoms with Crippen molar-refractivity contribution in [2.75, 3.05) is 13.1 Å². The Hall–Kier alpha value is -1.93. The lowest BCUT2D eigenvalue weighted by atomic mass is 10.0. The first kappa shape index (κ1) is 15.5. The van der Waals surface area contributed by atoms with E-state index in [4.69, 9.17) is 5.11 Å². The van der Waals surface area contributed by atoms with Gasteiger partial charge in [-0.1, -0.05) is 6.07 Å². The summed E-state index contributed by atoms with van der Waals surface area (Å²) in [5.74, 6) is -1.25. The quantitative estimate of drug-likeness (QED) is 0.646. The largest absolute Gasteiger partial charge is 0.481 e. The van der Waals surface area contributed by atoms with Gasteiger partial charge in [0.05, 0.1) is 4.90 Å². The standard InChI is InChI=1S/C13H16N2O5S/c16-12(17)2-1-6-15-21(19,20)10-4-3-9-5-7-14-13(18)11(9)8-10/h3-4,8,15H,1-2,5-7H2,(H,14,18)(H,16,17). The van der Waals surface area contributed by atoms with Gasteiger partial charge in [0.1, 0.15) is 0 Å². The molecule has 0 bridgehead atoms. The van der Waals surface area contributed by atoms with Crippen LogP contribution in [0.1, 0.15) is 28.8 Å².